The highest BCUT2D eigenvalue weighted by atomic mass is 79.9. The summed E-state index contributed by atoms with van der Waals surface area (Å²) in [7, 11) is 0. The lowest BCUT2D eigenvalue weighted by Gasteiger charge is -2.37. The van der Waals surface area contributed by atoms with Gasteiger partial charge in [0.1, 0.15) is 5.82 Å². The second-order valence-corrected chi connectivity index (χ2v) is 7.47. The van der Waals surface area contributed by atoms with E-state index in [9.17, 15) is 9.18 Å². The molecule has 2 saturated heterocycles. The van der Waals surface area contributed by atoms with Gasteiger partial charge >= 0.3 is 0 Å². The SMILES string of the molecule is O=C(c1ccc(F)cc1Br)C1CCOC2(CCSC2)C1. The molecular weight excluding hydrogens is 343 g/mol. The largest absolute Gasteiger partial charge is 0.374 e. The fraction of sp³-hybridized carbons (Fsp3) is 0.533. The Kier molecular flexibility index (Phi) is 4.20. The van der Waals surface area contributed by atoms with Crippen LogP contribution in [0.1, 0.15) is 29.6 Å². The van der Waals surface area contributed by atoms with Crippen LogP contribution in [0.5, 0.6) is 0 Å². The monoisotopic (exact) mass is 358 g/mol. The zero-order valence-electron chi connectivity index (χ0n) is 11.0. The second kappa shape index (κ2) is 5.78. The number of rotatable bonds is 2. The van der Waals surface area contributed by atoms with Gasteiger partial charge in [-0.2, -0.15) is 11.8 Å². The first-order valence-corrected chi connectivity index (χ1v) is 8.75. The third-order valence-electron chi connectivity index (χ3n) is 4.13. The molecule has 2 aliphatic heterocycles. The second-order valence-electron chi connectivity index (χ2n) is 5.51. The number of thioether (sulfide) groups is 1. The molecule has 5 heteroatoms. The quantitative estimate of drug-likeness (QED) is 0.745. The molecule has 1 aromatic rings. The Morgan fingerprint density at radius 3 is 3.05 bits per heavy atom. The molecule has 2 aliphatic rings. The van der Waals surface area contributed by atoms with Crippen molar-refractivity contribution in [3.63, 3.8) is 0 Å². The third-order valence-corrected chi connectivity index (χ3v) is 6.01. The molecule has 2 unspecified atom stereocenters. The van der Waals surface area contributed by atoms with Gasteiger partial charge < -0.3 is 4.74 Å². The molecule has 0 aliphatic carbocycles. The van der Waals surface area contributed by atoms with Gasteiger partial charge in [-0.15, -0.1) is 0 Å². The van der Waals surface area contributed by atoms with Gasteiger partial charge in [-0.1, -0.05) is 0 Å². The molecule has 2 atom stereocenters. The highest BCUT2D eigenvalue weighted by molar-refractivity contribution is 9.10. The number of halogens is 2. The van der Waals surface area contributed by atoms with Crippen molar-refractivity contribution in [3.8, 4) is 0 Å². The summed E-state index contributed by atoms with van der Waals surface area (Å²) in [4.78, 5) is 12.7. The molecule has 1 aromatic carbocycles. The average Bonchev–Trinajstić information content (AvgIpc) is 2.86. The smallest absolute Gasteiger partial charge is 0.167 e. The summed E-state index contributed by atoms with van der Waals surface area (Å²) < 4.78 is 19.6. The molecule has 1 spiro atoms. The number of carbonyl (C=O) groups excluding carboxylic acids is 1. The van der Waals surface area contributed by atoms with Crippen LogP contribution in [-0.2, 0) is 4.74 Å². The maximum absolute atomic E-state index is 13.1. The van der Waals surface area contributed by atoms with Crippen molar-refractivity contribution in [3.05, 3.63) is 34.1 Å². The predicted octanol–water partition coefficient (Wildman–Crippen LogP) is 4.07. The van der Waals surface area contributed by atoms with Gasteiger partial charge in [-0.05, 0) is 59.1 Å². The first-order chi connectivity index (χ1) is 9.60. The number of ketones is 1. The highest BCUT2D eigenvalue weighted by Gasteiger charge is 2.42. The van der Waals surface area contributed by atoms with Gasteiger partial charge in [-0.25, -0.2) is 4.39 Å². The topological polar surface area (TPSA) is 26.3 Å². The van der Waals surface area contributed by atoms with Crippen molar-refractivity contribution in [2.24, 2.45) is 5.92 Å². The van der Waals surface area contributed by atoms with Crippen molar-refractivity contribution >= 4 is 33.5 Å². The molecule has 0 saturated carbocycles. The van der Waals surface area contributed by atoms with E-state index in [0.717, 1.165) is 30.8 Å². The first kappa shape index (κ1) is 14.5. The van der Waals surface area contributed by atoms with E-state index in [1.54, 1.807) is 6.07 Å². The molecule has 108 valence electrons. The van der Waals surface area contributed by atoms with Gasteiger partial charge in [0.25, 0.3) is 0 Å². The minimum atomic E-state index is -0.330. The van der Waals surface area contributed by atoms with E-state index < -0.39 is 0 Å². The van der Waals surface area contributed by atoms with E-state index in [1.165, 1.54) is 12.1 Å². The van der Waals surface area contributed by atoms with Crippen molar-refractivity contribution in [2.75, 3.05) is 18.1 Å². The van der Waals surface area contributed by atoms with E-state index in [4.69, 9.17) is 4.74 Å². The average molecular weight is 359 g/mol. The molecule has 2 fully saturated rings. The van der Waals surface area contributed by atoms with E-state index >= 15 is 0 Å². The number of hydrogen-bond acceptors (Lipinski definition) is 3. The van der Waals surface area contributed by atoms with E-state index in [0.29, 0.717) is 16.6 Å². The lowest BCUT2D eigenvalue weighted by atomic mass is 9.81. The summed E-state index contributed by atoms with van der Waals surface area (Å²) in [6.07, 6.45) is 2.59. The van der Waals surface area contributed by atoms with E-state index in [2.05, 4.69) is 15.9 Å². The zero-order valence-corrected chi connectivity index (χ0v) is 13.4. The Labute approximate surface area is 130 Å². The lowest BCUT2D eigenvalue weighted by Crippen LogP contribution is -2.42. The van der Waals surface area contributed by atoms with Crippen LogP contribution in [0.3, 0.4) is 0 Å². The van der Waals surface area contributed by atoms with Crippen LogP contribution in [-0.4, -0.2) is 29.5 Å². The number of benzene rings is 1. The highest BCUT2D eigenvalue weighted by Crippen LogP contribution is 2.41. The number of carbonyl (C=O) groups is 1. The van der Waals surface area contributed by atoms with Crippen molar-refractivity contribution in [1.29, 1.82) is 0 Å². The summed E-state index contributed by atoms with van der Waals surface area (Å²) in [6.45, 7) is 0.649. The first-order valence-electron chi connectivity index (χ1n) is 6.81. The maximum Gasteiger partial charge on any atom is 0.167 e. The van der Waals surface area contributed by atoms with Crippen LogP contribution in [0.2, 0.25) is 0 Å². The number of ether oxygens (including phenoxy) is 1. The van der Waals surface area contributed by atoms with Crippen LogP contribution >= 0.6 is 27.7 Å². The third kappa shape index (κ3) is 2.81. The molecule has 2 nitrogen and oxygen atoms in total. The summed E-state index contributed by atoms with van der Waals surface area (Å²) >= 11 is 5.19. The molecule has 0 amide bonds. The summed E-state index contributed by atoms with van der Waals surface area (Å²) in [6, 6.07) is 4.28. The molecule has 2 heterocycles. The van der Waals surface area contributed by atoms with E-state index in [-0.39, 0.29) is 23.1 Å². The van der Waals surface area contributed by atoms with Gasteiger partial charge in [0.2, 0.25) is 0 Å². The fourth-order valence-corrected chi connectivity index (χ4v) is 4.95. The predicted molar refractivity (Wildman–Crippen MR) is 81.8 cm³/mol. The van der Waals surface area contributed by atoms with Crippen molar-refractivity contribution < 1.29 is 13.9 Å². The Morgan fingerprint density at radius 1 is 1.50 bits per heavy atom. The fourth-order valence-electron chi connectivity index (χ4n) is 3.02. The normalized spacial score (nSPS) is 29.8. The van der Waals surface area contributed by atoms with Gasteiger partial charge in [0.15, 0.2) is 5.78 Å². The Balaban J connectivity index is 1.79. The van der Waals surface area contributed by atoms with Crippen LogP contribution in [0, 0.1) is 11.7 Å². The van der Waals surface area contributed by atoms with Crippen LogP contribution < -0.4 is 0 Å². The van der Waals surface area contributed by atoms with Crippen LogP contribution in [0.4, 0.5) is 4.39 Å². The zero-order chi connectivity index (χ0) is 14.2. The Hall–Kier alpha value is -0.390. The molecular formula is C15H16BrFO2S. The minimum Gasteiger partial charge on any atom is -0.374 e. The van der Waals surface area contributed by atoms with Crippen molar-refractivity contribution in [1.82, 2.24) is 0 Å². The summed E-state index contributed by atoms with van der Waals surface area (Å²) in [5, 5.41) is 0. The van der Waals surface area contributed by atoms with Gasteiger partial charge in [0, 0.05) is 28.3 Å². The van der Waals surface area contributed by atoms with E-state index in [1.807, 2.05) is 11.8 Å². The standard InChI is InChI=1S/C15H16BrFO2S/c16-13-7-11(17)1-2-12(13)14(18)10-3-5-19-15(8-10)4-6-20-9-15/h1-2,7,10H,3-6,8-9H2. The Bertz CT molecular complexity index is 529. The van der Waals surface area contributed by atoms with Gasteiger partial charge in [-0.3, -0.25) is 4.79 Å². The lowest BCUT2D eigenvalue weighted by molar-refractivity contribution is -0.0734. The molecule has 0 aromatic heterocycles. The minimum absolute atomic E-state index is 0.00999. The van der Waals surface area contributed by atoms with Crippen LogP contribution in [0.15, 0.2) is 22.7 Å². The molecule has 3 rings (SSSR count). The number of hydrogen-bond donors (Lipinski definition) is 0. The van der Waals surface area contributed by atoms with Gasteiger partial charge in [0.05, 0.1) is 5.60 Å². The molecule has 0 bridgehead atoms. The number of Topliss-reactive ketones (excluding diaryl/α,β-unsaturated/α-hetero) is 1. The van der Waals surface area contributed by atoms with Crippen molar-refractivity contribution in [2.45, 2.75) is 24.9 Å². The Morgan fingerprint density at radius 2 is 2.35 bits per heavy atom. The maximum atomic E-state index is 13.1. The molecule has 0 radical (unpaired) electrons. The molecule has 0 N–H and O–H groups in total. The summed E-state index contributed by atoms with van der Waals surface area (Å²) in [5.41, 5.74) is 0.481. The summed E-state index contributed by atoms with van der Waals surface area (Å²) in [5.74, 6) is 1.87. The molecule has 20 heavy (non-hydrogen) atoms. The van der Waals surface area contributed by atoms with Crippen LogP contribution in [0.25, 0.3) is 0 Å².